The fourth-order valence-corrected chi connectivity index (χ4v) is 5.58. The van der Waals surface area contributed by atoms with Crippen LogP contribution in [0.25, 0.3) is 11.3 Å². The Bertz CT molecular complexity index is 1450. The zero-order valence-electron chi connectivity index (χ0n) is 23.9. The van der Waals surface area contributed by atoms with Crippen LogP contribution in [0.15, 0.2) is 52.8 Å². The molecule has 1 aliphatic heterocycles. The third kappa shape index (κ3) is 9.22. The maximum absolute atomic E-state index is 13.2. The number of amides is 3. The molecule has 0 unspecified atom stereocenters. The van der Waals surface area contributed by atoms with E-state index in [0.717, 1.165) is 19.6 Å². The summed E-state index contributed by atoms with van der Waals surface area (Å²) < 4.78 is 54.3. The molecular formula is C29H34F3N5O5S. The number of hydrogen-bond donors (Lipinski definition) is 2. The number of benzene rings is 2. The van der Waals surface area contributed by atoms with Gasteiger partial charge in [-0.3, -0.25) is 4.79 Å². The molecule has 0 saturated carbocycles. The average Bonchev–Trinajstić information content (AvgIpc) is 3.64. The number of hydrogen-bond acceptors (Lipinski definition) is 7. The van der Waals surface area contributed by atoms with Crippen LogP contribution in [-0.4, -0.2) is 74.7 Å². The number of alkyl halides is 3. The third-order valence-electron chi connectivity index (χ3n) is 6.77. The van der Waals surface area contributed by atoms with Gasteiger partial charge in [-0.05, 0) is 74.3 Å². The summed E-state index contributed by atoms with van der Waals surface area (Å²) in [6.45, 7) is 4.22. The third-order valence-corrected chi connectivity index (χ3v) is 7.64. The fraction of sp³-hybridized carbons (Fsp3) is 0.414. The summed E-state index contributed by atoms with van der Waals surface area (Å²) in [7, 11) is 2.95. The largest absolute Gasteiger partial charge is 0.573 e. The van der Waals surface area contributed by atoms with Crippen molar-refractivity contribution in [1.82, 2.24) is 20.1 Å². The van der Waals surface area contributed by atoms with Gasteiger partial charge in [-0.2, -0.15) is 4.99 Å². The number of nitrogens with one attached hydrogen (secondary N) is 2. The Morgan fingerprint density at radius 3 is 2.33 bits per heavy atom. The second-order valence-electron chi connectivity index (χ2n) is 9.70. The number of likely N-dealkylation sites (tertiary alicyclic amines) is 1. The minimum absolute atomic E-state index is 0.241. The molecule has 10 nitrogen and oxygen atoms in total. The predicted octanol–water partition coefficient (Wildman–Crippen LogP) is 4.66. The van der Waals surface area contributed by atoms with E-state index in [2.05, 4.69) is 25.3 Å². The topological polar surface area (TPSA) is 106 Å². The van der Waals surface area contributed by atoms with E-state index in [4.69, 9.17) is 9.47 Å². The zero-order valence-corrected chi connectivity index (χ0v) is 24.7. The van der Waals surface area contributed by atoms with Gasteiger partial charge in [0.05, 0.1) is 25.5 Å². The fourth-order valence-electron chi connectivity index (χ4n) is 4.65. The van der Waals surface area contributed by atoms with Crippen LogP contribution in [0.4, 0.5) is 18.0 Å². The van der Waals surface area contributed by atoms with Crippen molar-refractivity contribution in [2.75, 3.05) is 46.9 Å². The number of carbonyl (C=O) groups excluding carboxylic acids is 2. The van der Waals surface area contributed by atoms with Crippen LogP contribution in [0.1, 0.15) is 29.6 Å². The minimum atomic E-state index is -4.80. The van der Waals surface area contributed by atoms with Crippen LogP contribution < -0.4 is 29.6 Å². The maximum atomic E-state index is 13.2. The lowest BCUT2D eigenvalue weighted by molar-refractivity contribution is -0.274. The zero-order chi connectivity index (χ0) is 30.8. The summed E-state index contributed by atoms with van der Waals surface area (Å²) in [4.78, 5) is 32.5. The van der Waals surface area contributed by atoms with Crippen LogP contribution in [0.3, 0.4) is 0 Å². The van der Waals surface area contributed by atoms with Crippen LogP contribution in [-0.2, 0) is 6.54 Å². The normalized spacial score (nSPS) is 14.0. The Morgan fingerprint density at radius 2 is 1.65 bits per heavy atom. The molecule has 3 amide bonds. The number of methoxy groups -OCH3 is 2. The van der Waals surface area contributed by atoms with E-state index in [1.54, 1.807) is 28.1 Å². The Hall–Kier alpha value is -4.04. The number of ether oxygens (including phenoxy) is 3. The summed E-state index contributed by atoms with van der Waals surface area (Å²) in [5.41, 5.74) is 1.49. The van der Waals surface area contributed by atoms with E-state index in [-0.39, 0.29) is 17.3 Å². The Balaban J connectivity index is 1.50. The highest BCUT2D eigenvalue weighted by Crippen LogP contribution is 2.28. The van der Waals surface area contributed by atoms with E-state index in [1.807, 2.05) is 0 Å². The Kier molecular flexibility index (Phi) is 11.1. The van der Waals surface area contributed by atoms with E-state index < -0.39 is 12.3 Å². The SMILES string of the molecule is COc1ccc(C(=O)/N=c2\scc(-c3ccc(OC(F)(F)F)cc3)n2CCCNC(=O)NCCN2CCCC2)c(OC)c1. The Labute approximate surface area is 251 Å². The molecular weight excluding hydrogens is 587 g/mol. The molecule has 2 N–H and O–H groups in total. The quantitative estimate of drug-likeness (QED) is 0.285. The summed E-state index contributed by atoms with van der Waals surface area (Å²) in [6, 6.07) is 9.98. The van der Waals surface area contributed by atoms with Crippen LogP contribution in [0, 0.1) is 0 Å². The highest BCUT2D eigenvalue weighted by molar-refractivity contribution is 7.07. The number of rotatable bonds is 12. The number of halogens is 3. The number of thiazole rings is 1. The first kappa shape index (κ1) is 31.9. The summed E-state index contributed by atoms with van der Waals surface area (Å²) in [5.74, 6) is -0.0558. The minimum Gasteiger partial charge on any atom is -0.497 e. The maximum Gasteiger partial charge on any atom is 0.573 e. The van der Waals surface area contributed by atoms with Gasteiger partial charge in [0.1, 0.15) is 17.2 Å². The lowest BCUT2D eigenvalue weighted by Crippen LogP contribution is -2.40. The highest BCUT2D eigenvalue weighted by atomic mass is 32.1. The molecule has 14 heteroatoms. The molecule has 0 radical (unpaired) electrons. The highest BCUT2D eigenvalue weighted by Gasteiger charge is 2.31. The second kappa shape index (κ2) is 14.9. The molecule has 3 aromatic rings. The van der Waals surface area contributed by atoms with Gasteiger partial charge in [-0.1, -0.05) is 0 Å². The molecule has 0 atom stereocenters. The van der Waals surface area contributed by atoms with E-state index >= 15 is 0 Å². The van der Waals surface area contributed by atoms with E-state index in [0.29, 0.717) is 53.6 Å². The predicted molar refractivity (Wildman–Crippen MR) is 156 cm³/mol. The number of carbonyl (C=O) groups is 2. The summed E-state index contributed by atoms with van der Waals surface area (Å²) in [5, 5.41) is 7.48. The average molecular weight is 622 g/mol. The van der Waals surface area contributed by atoms with Crippen LogP contribution >= 0.6 is 11.3 Å². The molecule has 1 fully saturated rings. The van der Waals surface area contributed by atoms with Crippen molar-refractivity contribution < 1.29 is 37.0 Å². The van der Waals surface area contributed by atoms with Gasteiger partial charge in [0.15, 0.2) is 4.80 Å². The van der Waals surface area contributed by atoms with E-state index in [1.165, 1.54) is 62.7 Å². The van der Waals surface area contributed by atoms with Crippen molar-refractivity contribution in [3.05, 3.63) is 58.2 Å². The smallest absolute Gasteiger partial charge is 0.497 e. The van der Waals surface area contributed by atoms with Crippen molar-refractivity contribution in [3.63, 3.8) is 0 Å². The molecule has 0 spiro atoms. The number of nitrogens with zero attached hydrogens (tertiary/aromatic N) is 3. The molecule has 2 heterocycles. The molecule has 1 aliphatic rings. The first-order valence-electron chi connectivity index (χ1n) is 13.8. The molecule has 43 heavy (non-hydrogen) atoms. The van der Waals surface area contributed by atoms with Crippen molar-refractivity contribution >= 4 is 23.3 Å². The van der Waals surface area contributed by atoms with Gasteiger partial charge in [0.25, 0.3) is 5.91 Å². The number of urea groups is 1. The lowest BCUT2D eigenvalue weighted by atomic mass is 10.1. The molecule has 232 valence electrons. The van der Waals surface area contributed by atoms with Crippen molar-refractivity contribution in [2.24, 2.45) is 4.99 Å². The van der Waals surface area contributed by atoms with Gasteiger partial charge in [-0.25, -0.2) is 4.79 Å². The first-order chi connectivity index (χ1) is 20.7. The van der Waals surface area contributed by atoms with Gasteiger partial charge in [0.2, 0.25) is 0 Å². The molecule has 0 aliphatic carbocycles. The summed E-state index contributed by atoms with van der Waals surface area (Å²) >= 11 is 1.21. The molecule has 2 aromatic carbocycles. The number of aromatic nitrogens is 1. The lowest BCUT2D eigenvalue weighted by Gasteiger charge is -2.15. The molecule has 1 aromatic heterocycles. The standard InChI is InChI=1S/C29H34F3N5O5S/c1-40-22-10-11-23(25(18-22)41-2)26(38)35-28-37(16-5-12-33-27(39)34-13-17-36-14-3-4-15-36)24(19-43-28)20-6-8-21(9-7-20)42-29(30,31)32/h6-11,18-19H,3-5,12-17H2,1-2H3,(H2,33,34,39)/b35-28-. The first-order valence-corrected chi connectivity index (χ1v) is 14.6. The monoisotopic (exact) mass is 621 g/mol. The van der Waals surface area contributed by atoms with Gasteiger partial charge >= 0.3 is 12.4 Å². The van der Waals surface area contributed by atoms with Crippen molar-refractivity contribution in [3.8, 4) is 28.5 Å². The summed E-state index contributed by atoms with van der Waals surface area (Å²) in [6.07, 6.45) is -1.92. The van der Waals surface area contributed by atoms with Gasteiger partial charge in [0, 0.05) is 37.6 Å². The van der Waals surface area contributed by atoms with Crippen LogP contribution in [0.2, 0.25) is 0 Å². The van der Waals surface area contributed by atoms with Gasteiger partial charge in [-0.15, -0.1) is 24.5 Å². The van der Waals surface area contributed by atoms with Crippen LogP contribution in [0.5, 0.6) is 17.2 Å². The van der Waals surface area contributed by atoms with Crippen molar-refractivity contribution in [2.45, 2.75) is 32.2 Å². The second-order valence-corrected chi connectivity index (χ2v) is 10.5. The van der Waals surface area contributed by atoms with Gasteiger partial charge < -0.3 is 34.3 Å². The van der Waals surface area contributed by atoms with Crippen molar-refractivity contribution in [1.29, 1.82) is 0 Å². The van der Waals surface area contributed by atoms with E-state index in [9.17, 15) is 22.8 Å². The molecule has 0 bridgehead atoms. The molecule has 4 rings (SSSR count). The molecule has 1 saturated heterocycles. The Morgan fingerprint density at radius 1 is 0.953 bits per heavy atom.